The van der Waals surface area contributed by atoms with Crippen LogP contribution in [-0.4, -0.2) is 48.8 Å². The highest BCUT2D eigenvalue weighted by Crippen LogP contribution is 2.33. The van der Waals surface area contributed by atoms with Crippen molar-refractivity contribution in [3.8, 4) is 11.5 Å². The zero-order valence-electron chi connectivity index (χ0n) is 16.7. The third-order valence-electron chi connectivity index (χ3n) is 5.03. The van der Waals surface area contributed by atoms with Gasteiger partial charge in [0.25, 0.3) is 0 Å². The maximum Gasteiger partial charge on any atom is 0.161 e. The number of ether oxygens (including phenoxy) is 2. The lowest BCUT2D eigenvalue weighted by molar-refractivity contribution is 0.250. The molecule has 2 aromatic carbocycles. The second kappa shape index (κ2) is 9.11. The Balaban J connectivity index is 1.55. The molecule has 0 bridgehead atoms. The summed E-state index contributed by atoms with van der Waals surface area (Å²) in [7, 11) is 0.151. The first kappa shape index (κ1) is 21.5. The van der Waals surface area contributed by atoms with Crippen LogP contribution in [0.2, 0.25) is 0 Å². The summed E-state index contributed by atoms with van der Waals surface area (Å²) in [5.74, 6) is 3.64. The average Bonchev–Trinajstić information content (AvgIpc) is 2.71. The lowest BCUT2D eigenvalue weighted by atomic mass is 9.98. The molecule has 0 aromatic heterocycles. The maximum absolute atomic E-state index is 13.9. The summed E-state index contributed by atoms with van der Waals surface area (Å²) in [6.45, 7) is 2.85. The quantitative estimate of drug-likeness (QED) is 0.523. The number of benzene rings is 2. The summed E-state index contributed by atoms with van der Waals surface area (Å²) in [6.07, 6.45) is 1.61. The Hall–Kier alpha value is -2.16. The Labute approximate surface area is 170 Å². The Morgan fingerprint density at radius 2 is 1.83 bits per heavy atom. The minimum absolute atomic E-state index is 0.231. The lowest BCUT2D eigenvalue weighted by Crippen LogP contribution is -2.34. The Morgan fingerprint density at radius 1 is 1.14 bits per heavy atom. The molecular weight excluding hydrogens is 398 g/mol. The fraction of sp³-hybridized carbons (Fsp3) is 0.381. The second-order valence-corrected chi connectivity index (χ2v) is 9.08. The monoisotopic (exact) mass is 424 g/mol. The van der Waals surface area contributed by atoms with Crippen LogP contribution in [0.4, 0.5) is 8.78 Å². The van der Waals surface area contributed by atoms with E-state index in [9.17, 15) is 13.0 Å². The van der Waals surface area contributed by atoms with E-state index in [-0.39, 0.29) is 4.90 Å². The van der Waals surface area contributed by atoms with Gasteiger partial charge in [0.2, 0.25) is 0 Å². The molecule has 0 fully saturated rings. The molecule has 0 spiro atoms. The van der Waals surface area contributed by atoms with Crippen molar-refractivity contribution in [1.82, 2.24) is 9.62 Å². The van der Waals surface area contributed by atoms with Crippen LogP contribution in [0, 0.1) is 11.6 Å². The molecule has 8 heteroatoms. The van der Waals surface area contributed by atoms with Gasteiger partial charge in [0.05, 0.1) is 28.8 Å². The zero-order chi connectivity index (χ0) is 21.0. The highest BCUT2D eigenvalue weighted by Gasteiger charge is 2.19. The van der Waals surface area contributed by atoms with E-state index in [0.29, 0.717) is 18.7 Å². The minimum Gasteiger partial charge on any atom is -0.493 e. The molecule has 1 atom stereocenters. The highest BCUT2D eigenvalue weighted by atomic mass is 32.2. The molecule has 0 radical (unpaired) electrons. The van der Waals surface area contributed by atoms with Gasteiger partial charge in [0.1, 0.15) is 11.6 Å². The first-order valence-corrected chi connectivity index (χ1v) is 11.1. The third-order valence-corrected chi connectivity index (χ3v) is 6.73. The van der Waals surface area contributed by atoms with Gasteiger partial charge < -0.3 is 9.47 Å². The SMILES string of the molecule is C=S(=O)(NCCCN1CCc2cc(OC)c(OC)cc2C1)c1cc(F)ccc1F. The topological polar surface area (TPSA) is 50.8 Å². The van der Waals surface area contributed by atoms with Gasteiger partial charge in [-0.25, -0.2) is 17.7 Å². The van der Waals surface area contributed by atoms with E-state index in [0.717, 1.165) is 50.0 Å². The predicted octanol–water partition coefficient (Wildman–Crippen LogP) is 3.01. The number of hydrogen-bond donors (Lipinski definition) is 1. The van der Waals surface area contributed by atoms with Crippen molar-refractivity contribution in [3.63, 3.8) is 0 Å². The summed E-state index contributed by atoms with van der Waals surface area (Å²) < 4.78 is 53.4. The number of nitrogens with one attached hydrogen (secondary N) is 1. The largest absolute Gasteiger partial charge is 0.493 e. The number of nitrogens with zero attached hydrogens (tertiary/aromatic N) is 1. The van der Waals surface area contributed by atoms with E-state index in [2.05, 4.69) is 15.5 Å². The Morgan fingerprint density at radius 3 is 2.52 bits per heavy atom. The fourth-order valence-electron chi connectivity index (χ4n) is 3.48. The molecular formula is C21H26F2N2O3S. The van der Waals surface area contributed by atoms with E-state index >= 15 is 0 Å². The molecule has 1 aliphatic rings. The Bertz CT molecular complexity index is 980. The molecule has 1 aliphatic heterocycles. The number of methoxy groups -OCH3 is 2. The van der Waals surface area contributed by atoms with Gasteiger partial charge in [-0.3, -0.25) is 4.90 Å². The lowest BCUT2D eigenvalue weighted by Gasteiger charge is -2.29. The van der Waals surface area contributed by atoms with E-state index in [1.54, 1.807) is 14.2 Å². The van der Waals surface area contributed by atoms with Crippen LogP contribution in [-0.2, 0) is 22.7 Å². The second-order valence-electron chi connectivity index (χ2n) is 7.00. The van der Waals surface area contributed by atoms with Crippen LogP contribution in [0.1, 0.15) is 17.5 Å². The van der Waals surface area contributed by atoms with Gasteiger partial charge in [0.15, 0.2) is 11.5 Å². The number of rotatable bonds is 8. The van der Waals surface area contributed by atoms with Gasteiger partial charge in [-0.2, -0.15) is 0 Å². The van der Waals surface area contributed by atoms with Crippen LogP contribution >= 0.6 is 0 Å². The molecule has 2 aromatic rings. The van der Waals surface area contributed by atoms with Gasteiger partial charge >= 0.3 is 0 Å². The van der Waals surface area contributed by atoms with Crippen LogP contribution < -0.4 is 14.2 Å². The van der Waals surface area contributed by atoms with E-state index in [1.807, 2.05) is 12.1 Å². The van der Waals surface area contributed by atoms with Crippen molar-refractivity contribution in [3.05, 3.63) is 53.1 Å². The smallest absolute Gasteiger partial charge is 0.161 e. The molecule has 0 aliphatic carbocycles. The molecule has 5 nitrogen and oxygen atoms in total. The molecule has 1 N–H and O–H groups in total. The molecule has 158 valence electrons. The van der Waals surface area contributed by atoms with Crippen LogP contribution in [0.3, 0.4) is 0 Å². The van der Waals surface area contributed by atoms with Gasteiger partial charge in [0, 0.05) is 19.6 Å². The van der Waals surface area contributed by atoms with Crippen molar-refractivity contribution in [1.29, 1.82) is 0 Å². The molecule has 3 rings (SSSR count). The number of halogens is 2. The van der Waals surface area contributed by atoms with E-state index in [1.165, 1.54) is 11.1 Å². The summed E-state index contributed by atoms with van der Waals surface area (Å²) in [6, 6.07) is 6.92. The standard InChI is InChI=1S/C21H26F2N2O3S/c1-27-19-11-15-7-10-25(14-16(15)12-20(19)28-2)9-4-8-24-29(3,26)21-13-17(22)5-6-18(21)23/h5-6,11-13H,3-4,7-10,14H2,1-2H3,(H,24,26). The first-order chi connectivity index (χ1) is 13.8. The van der Waals surface area contributed by atoms with Crippen molar-refractivity contribution < 1.29 is 22.5 Å². The average molecular weight is 425 g/mol. The molecule has 0 saturated carbocycles. The summed E-state index contributed by atoms with van der Waals surface area (Å²) in [4.78, 5) is 2.06. The number of hydrogen-bond acceptors (Lipinski definition) is 4. The van der Waals surface area contributed by atoms with Gasteiger partial charge in [-0.05, 0) is 66.7 Å². The first-order valence-electron chi connectivity index (χ1n) is 9.37. The molecule has 0 saturated heterocycles. The zero-order valence-corrected chi connectivity index (χ0v) is 17.5. The summed E-state index contributed by atoms with van der Waals surface area (Å²) in [5.41, 5.74) is 2.45. The van der Waals surface area contributed by atoms with E-state index < -0.39 is 21.3 Å². The van der Waals surface area contributed by atoms with Crippen LogP contribution in [0.25, 0.3) is 0 Å². The van der Waals surface area contributed by atoms with Gasteiger partial charge in [-0.15, -0.1) is 0 Å². The van der Waals surface area contributed by atoms with Crippen LogP contribution in [0.5, 0.6) is 11.5 Å². The maximum atomic E-state index is 13.9. The predicted molar refractivity (Wildman–Crippen MR) is 111 cm³/mol. The van der Waals surface area contributed by atoms with Gasteiger partial charge in [-0.1, -0.05) is 0 Å². The molecule has 1 unspecified atom stereocenters. The third kappa shape index (κ3) is 5.07. The fourth-order valence-corrected chi connectivity index (χ4v) is 4.80. The minimum atomic E-state index is -3.10. The highest BCUT2D eigenvalue weighted by molar-refractivity contribution is 7.98. The molecule has 29 heavy (non-hydrogen) atoms. The van der Waals surface area contributed by atoms with Crippen molar-refractivity contribution >= 4 is 15.6 Å². The normalized spacial score (nSPS) is 16.1. The molecule has 0 amide bonds. The number of fused-ring (bicyclic) bond motifs is 1. The van der Waals surface area contributed by atoms with E-state index in [4.69, 9.17) is 9.47 Å². The van der Waals surface area contributed by atoms with Crippen molar-refractivity contribution in [2.24, 2.45) is 0 Å². The molecule has 1 heterocycles. The summed E-state index contributed by atoms with van der Waals surface area (Å²) in [5, 5.41) is 0. The Kier molecular flexibility index (Phi) is 6.77. The van der Waals surface area contributed by atoms with Crippen molar-refractivity contribution in [2.75, 3.05) is 33.9 Å². The van der Waals surface area contributed by atoms with Crippen LogP contribution in [0.15, 0.2) is 35.2 Å². The van der Waals surface area contributed by atoms with Crippen molar-refractivity contribution in [2.45, 2.75) is 24.3 Å². The summed E-state index contributed by atoms with van der Waals surface area (Å²) >= 11 is 0.